The second-order valence-corrected chi connectivity index (χ2v) is 6.16. The Labute approximate surface area is 135 Å². The van der Waals surface area contributed by atoms with Crippen molar-refractivity contribution in [1.82, 2.24) is 10.6 Å². The molecular formula is C17H11BrN2O2. The molecule has 0 spiro atoms. The average Bonchev–Trinajstić information content (AvgIpc) is 2.81. The Kier molecular flexibility index (Phi) is 2.90. The van der Waals surface area contributed by atoms with Crippen molar-refractivity contribution < 1.29 is 9.59 Å². The van der Waals surface area contributed by atoms with Gasteiger partial charge in [-0.05, 0) is 17.7 Å². The summed E-state index contributed by atoms with van der Waals surface area (Å²) in [7, 11) is 0. The second-order valence-electron chi connectivity index (χ2n) is 5.25. The monoisotopic (exact) mass is 354 g/mol. The molecule has 2 aromatic carbocycles. The lowest BCUT2D eigenvalue weighted by Gasteiger charge is -2.26. The molecule has 0 saturated heterocycles. The lowest BCUT2D eigenvalue weighted by molar-refractivity contribution is 0.103. The SMILES string of the molecule is O=C1NC2=C(C(=O)c3ccccc32)[C@@H](c2ccc(Br)cc2)N1. The molecule has 0 radical (unpaired) electrons. The minimum atomic E-state index is -0.434. The number of carbonyl (C=O) groups excluding carboxylic acids is 2. The molecule has 2 N–H and O–H groups in total. The van der Waals surface area contributed by atoms with E-state index < -0.39 is 6.04 Å². The molecule has 1 atom stereocenters. The summed E-state index contributed by atoms with van der Waals surface area (Å²) >= 11 is 3.39. The molecule has 0 bridgehead atoms. The van der Waals surface area contributed by atoms with E-state index in [1.54, 1.807) is 6.07 Å². The highest BCUT2D eigenvalue weighted by Gasteiger charge is 2.39. The number of hydrogen-bond donors (Lipinski definition) is 2. The van der Waals surface area contributed by atoms with Gasteiger partial charge in [-0.15, -0.1) is 0 Å². The van der Waals surface area contributed by atoms with Crippen LogP contribution in [-0.2, 0) is 0 Å². The number of benzene rings is 2. The van der Waals surface area contributed by atoms with Gasteiger partial charge in [0.25, 0.3) is 0 Å². The largest absolute Gasteiger partial charge is 0.327 e. The zero-order valence-electron chi connectivity index (χ0n) is 11.4. The van der Waals surface area contributed by atoms with Gasteiger partial charge in [0.15, 0.2) is 5.78 Å². The normalized spacial score (nSPS) is 19.4. The predicted octanol–water partition coefficient (Wildman–Crippen LogP) is 3.41. The number of halogens is 1. The molecule has 1 aliphatic carbocycles. The molecule has 0 fully saturated rings. The van der Waals surface area contributed by atoms with Crippen LogP contribution in [0.15, 0.2) is 58.6 Å². The number of ketones is 1. The fourth-order valence-corrected chi connectivity index (χ4v) is 3.24. The summed E-state index contributed by atoms with van der Waals surface area (Å²) in [5.74, 6) is -0.0361. The summed E-state index contributed by atoms with van der Waals surface area (Å²) < 4.78 is 0.951. The third-order valence-electron chi connectivity index (χ3n) is 3.96. The van der Waals surface area contributed by atoms with E-state index in [-0.39, 0.29) is 11.8 Å². The van der Waals surface area contributed by atoms with Gasteiger partial charge < -0.3 is 10.6 Å². The predicted molar refractivity (Wildman–Crippen MR) is 86.2 cm³/mol. The zero-order valence-corrected chi connectivity index (χ0v) is 13.0. The fraction of sp³-hybridized carbons (Fsp3) is 0.0588. The molecule has 2 aromatic rings. The minimum Gasteiger partial charge on any atom is -0.327 e. The number of hydrogen-bond acceptors (Lipinski definition) is 2. The highest BCUT2D eigenvalue weighted by Crippen LogP contribution is 2.39. The van der Waals surface area contributed by atoms with Crippen LogP contribution in [0.1, 0.15) is 27.5 Å². The zero-order chi connectivity index (χ0) is 15.3. The molecule has 0 aromatic heterocycles. The van der Waals surface area contributed by atoms with Gasteiger partial charge in [0, 0.05) is 15.6 Å². The maximum absolute atomic E-state index is 12.7. The third kappa shape index (κ3) is 1.89. The van der Waals surface area contributed by atoms with Crippen molar-refractivity contribution in [3.8, 4) is 0 Å². The van der Waals surface area contributed by atoms with Crippen molar-refractivity contribution in [3.05, 3.63) is 75.3 Å². The minimum absolute atomic E-state index is 0.0361. The Morgan fingerprint density at radius 3 is 2.32 bits per heavy atom. The van der Waals surface area contributed by atoms with Gasteiger partial charge in [-0.1, -0.05) is 52.3 Å². The maximum atomic E-state index is 12.7. The number of urea groups is 1. The van der Waals surface area contributed by atoms with Crippen molar-refractivity contribution in [1.29, 1.82) is 0 Å². The van der Waals surface area contributed by atoms with E-state index in [1.165, 1.54) is 0 Å². The summed E-state index contributed by atoms with van der Waals surface area (Å²) in [6.07, 6.45) is 0. The number of carbonyl (C=O) groups is 2. The fourth-order valence-electron chi connectivity index (χ4n) is 2.97. The Bertz CT molecular complexity index is 840. The number of nitrogens with one attached hydrogen (secondary N) is 2. The van der Waals surface area contributed by atoms with Crippen LogP contribution in [0, 0.1) is 0 Å². The van der Waals surface area contributed by atoms with Crippen molar-refractivity contribution >= 4 is 33.4 Å². The third-order valence-corrected chi connectivity index (χ3v) is 4.49. The van der Waals surface area contributed by atoms with E-state index in [0.717, 1.165) is 15.6 Å². The van der Waals surface area contributed by atoms with Crippen molar-refractivity contribution in [2.45, 2.75) is 6.04 Å². The van der Waals surface area contributed by atoms with Crippen LogP contribution in [0.4, 0.5) is 4.79 Å². The summed E-state index contributed by atoms with van der Waals surface area (Å²) in [6, 6.07) is 14.2. The first-order chi connectivity index (χ1) is 10.6. The molecule has 108 valence electrons. The Balaban J connectivity index is 1.88. The van der Waals surface area contributed by atoms with E-state index in [1.807, 2.05) is 42.5 Å². The van der Waals surface area contributed by atoms with Crippen molar-refractivity contribution in [2.24, 2.45) is 0 Å². The van der Waals surface area contributed by atoms with Crippen molar-refractivity contribution in [3.63, 3.8) is 0 Å². The molecule has 0 unspecified atom stereocenters. The molecule has 5 heteroatoms. The van der Waals surface area contributed by atoms with E-state index in [0.29, 0.717) is 16.8 Å². The molecule has 2 aliphatic rings. The lowest BCUT2D eigenvalue weighted by atomic mass is 9.94. The van der Waals surface area contributed by atoms with Crippen LogP contribution in [0.5, 0.6) is 0 Å². The van der Waals surface area contributed by atoms with Gasteiger partial charge in [-0.25, -0.2) is 4.79 Å². The summed E-state index contributed by atoms with van der Waals surface area (Å²) in [5.41, 5.74) is 3.53. The van der Waals surface area contributed by atoms with Crippen LogP contribution in [-0.4, -0.2) is 11.8 Å². The molecular weight excluding hydrogens is 344 g/mol. The molecule has 22 heavy (non-hydrogen) atoms. The average molecular weight is 355 g/mol. The highest BCUT2D eigenvalue weighted by atomic mass is 79.9. The van der Waals surface area contributed by atoms with Gasteiger partial charge in [-0.3, -0.25) is 4.79 Å². The van der Waals surface area contributed by atoms with Gasteiger partial charge >= 0.3 is 6.03 Å². The van der Waals surface area contributed by atoms with Crippen LogP contribution < -0.4 is 10.6 Å². The van der Waals surface area contributed by atoms with Gasteiger partial charge in [0.2, 0.25) is 0 Å². The van der Waals surface area contributed by atoms with E-state index in [4.69, 9.17) is 0 Å². The summed E-state index contributed by atoms with van der Waals surface area (Å²) in [4.78, 5) is 24.7. The van der Waals surface area contributed by atoms with Crippen molar-refractivity contribution in [2.75, 3.05) is 0 Å². The Morgan fingerprint density at radius 1 is 0.909 bits per heavy atom. The van der Waals surface area contributed by atoms with Crippen LogP contribution in [0.3, 0.4) is 0 Å². The Hall–Kier alpha value is -2.40. The van der Waals surface area contributed by atoms with E-state index in [2.05, 4.69) is 26.6 Å². The second kappa shape index (κ2) is 4.81. The summed E-state index contributed by atoms with van der Waals surface area (Å²) in [6.45, 7) is 0. The quantitative estimate of drug-likeness (QED) is 0.824. The van der Waals surface area contributed by atoms with Gasteiger partial charge in [0.05, 0.1) is 17.3 Å². The lowest BCUT2D eigenvalue weighted by Crippen LogP contribution is -2.43. The van der Waals surface area contributed by atoms with Gasteiger partial charge in [0.1, 0.15) is 0 Å². The first-order valence-electron chi connectivity index (χ1n) is 6.86. The molecule has 1 aliphatic heterocycles. The molecule has 4 nitrogen and oxygen atoms in total. The smallest absolute Gasteiger partial charge is 0.320 e. The van der Waals surface area contributed by atoms with Gasteiger partial charge in [-0.2, -0.15) is 0 Å². The highest BCUT2D eigenvalue weighted by molar-refractivity contribution is 9.10. The number of fused-ring (bicyclic) bond motifs is 2. The topological polar surface area (TPSA) is 58.2 Å². The van der Waals surface area contributed by atoms with Crippen LogP contribution in [0.25, 0.3) is 5.70 Å². The number of amides is 2. The Morgan fingerprint density at radius 2 is 1.59 bits per heavy atom. The summed E-state index contributed by atoms with van der Waals surface area (Å²) in [5, 5.41) is 5.62. The molecule has 0 saturated carbocycles. The van der Waals surface area contributed by atoms with E-state index >= 15 is 0 Å². The van der Waals surface area contributed by atoms with Crippen LogP contribution in [0.2, 0.25) is 0 Å². The first-order valence-corrected chi connectivity index (χ1v) is 7.65. The standard InChI is InChI=1S/C17H11BrN2O2/c18-10-7-5-9(6-8-10)14-13-15(20-17(22)19-14)11-3-1-2-4-12(11)16(13)21/h1-8,14H,(H2,19,20,22)/t14-/m1/s1. The van der Waals surface area contributed by atoms with E-state index in [9.17, 15) is 9.59 Å². The molecule has 4 rings (SSSR count). The number of Topliss-reactive ketones (excluding diaryl/α,β-unsaturated/α-hetero) is 1. The first kappa shape index (κ1) is 13.3. The number of rotatable bonds is 1. The molecule has 1 heterocycles. The van der Waals surface area contributed by atoms with Crippen LogP contribution >= 0.6 is 15.9 Å². The maximum Gasteiger partial charge on any atom is 0.320 e. The molecule has 2 amide bonds.